The molecule has 3 heteroatoms. The van der Waals surface area contributed by atoms with E-state index in [1.165, 1.54) is 41.1 Å². The van der Waals surface area contributed by atoms with Crippen molar-refractivity contribution < 1.29 is 10.2 Å². The summed E-state index contributed by atoms with van der Waals surface area (Å²) in [5, 5.41) is 21.3. The fourth-order valence-electron chi connectivity index (χ4n) is 3.32. The number of hydrogen-bond acceptors (Lipinski definition) is 2. The molecule has 0 bridgehead atoms. The number of aliphatic hydroxyl groups is 2. The van der Waals surface area contributed by atoms with E-state index in [4.69, 9.17) is 0 Å². The molecule has 3 rings (SSSR count). The van der Waals surface area contributed by atoms with Gasteiger partial charge in [0, 0.05) is 28.4 Å². The molecule has 0 spiro atoms. The molecule has 3 aromatic rings. The maximum Gasteiger partial charge on any atom is 0.0682 e. The van der Waals surface area contributed by atoms with Crippen LogP contribution in [0.25, 0.3) is 21.8 Å². The average molecular weight is 311 g/mol. The second-order valence-corrected chi connectivity index (χ2v) is 6.23. The molecule has 0 unspecified atom stereocenters. The summed E-state index contributed by atoms with van der Waals surface area (Å²) in [5.41, 5.74) is 4.24. The van der Waals surface area contributed by atoms with Crippen LogP contribution in [0.15, 0.2) is 36.4 Å². The molecule has 0 saturated heterocycles. The number of unbranched alkanes of at least 4 members (excludes halogenated alkanes) is 3. The van der Waals surface area contributed by atoms with E-state index in [1.807, 2.05) is 12.1 Å². The van der Waals surface area contributed by atoms with Gasteiger partial charge in [-0.2, -0.15) is 0 Å². The Labute approximate surface area is 137 Å². The number of aromatic nitrogens is 1. The van der Waals surface area contributed by atoms with Crippen molar-refractivity contribution in [2.75, 3.05) is 0 Å². The lowest BCUT2D eigenvalue weighted by Crippen LogP contribution is -1.99. The van der Waals surface area contributed by atoms with Crippen LogP contribution >= 0.6 is 0 Å². The molecule has 0 aliphatic rings. The molecule has 122 valence electrons. The topological polar surface area (TPSA) is 45.4 Å². The Balaban J connectivity index is 2.12. The summed E-state index contributed by atoms with van der Waals surface area (Å²) in [6, 6.07) is 12.4. The Hall–Kier alpha value is -1.84. The van der Waals surface area contributed by atoms with Gasteiger partial charge in [-0.3, -0.25) is 0 Å². The van der Waals surface area contributed by atoms with Crippen LogP contribution in [0.1, 0.15) is 43.7 Å². The first-order chi connectivity index (χ1) is 11.3. The molecular formula is C20H25NO2. The van der Waals surface area contributed by atoms with Crippen molar-refractivity contribution in [1.29, 1.82) is 0 Å². The summed E-state index contributed by atoms with van der Waals surface area (Å²) in [6.07, 6.45) is 4.88. The molecule has 23 heavy (non-hydrogen) atoms. The first kappa shape index (κ1) is 16.0. The maximum atomic E-state index is 9.45. The molecule has 0 aliphatic carbocycles. The SMILES string of the molecule is CCCCCCn1c2cc(CO)ccc2c2ccc(CO)cc21. The van der Waals surface area contributed by atoms with E-state index in [0.29, 0.717) is 0 Å². The zero-order valence-corrected chi connectivity index (χ0v) is 13.8. The largest absolute Gasteiger partial charge is 0.392 e. The molecule has 0 atom stereocenters. The number of rotatable bonds is 7. The Morgan fingerprint density at radius 2 is 1.35 bits per heavy atom. The maximum absolute atomic E-state index is 9.45. The van der Waals surface area contributed by atoms with Gasteiger partial charge in [-0.25, -0.2) is 0 Å². The van der Waals surface area contributed by atoms with E-state index in [-0.39, 0.29) is 13.2 Å². The lowest BCUT2D eigenvalue weighted by molar-refractivity contribution is 0.282. The van der Waals surface area contributed by atoms with Gasteiger partial charge in [-0.1, -0.05) is 50.5 Å². The zero-order chi connectivity index (χ0) is 16.2. The molecule has 1 heterocycles. The van der Waals surface area contributed by atoms with E-state index >= 15 is 0 Å². The molecule has 0 fully saturated rings. The normalized spacial score (nSPS) is 11.6. The van der Waals surface area contributed by atoms with Crippen molar-refractivity contribution in [2.24, 2.45) is 0 Å². The summed E-state index contributed by atoms with van der Waals surface area (Å²) in [4.78, 5) is 0. The van der Waals surface area contributed by atoms with Gasteiger partial charge in [0.2, 0.25) is 0 Å². The highest BCUT2D eigenvalue weighted by molar-refractivity contribution is 6.08. The summed E-state index contributed by atoms with van der Waals surface area (Å²) in [6.45, 7) is 3.33. The minimum absolute atomic E-state index is 0.0647. The van der Waals surface area contributed by atoms with Crippen LogP contribution in [0.2, 0.25) is 0 Å². The van der Waals surface area contributed by atoms with E-state index < -0.39 is 0 Å². The number of aliphatic hydroxyl groups excluding tert-OH is 2. The van der Waals surface area contributed by atoms with Gasteiger partial charge < -0.3 is 14.8 Å². The van der Waals surface area contributed by atoms with Crippen molar-refractivity contribution in [3.8, 4) is 0 Å². The predicted molar refractivity (Wildman–Crippen MR) is 95.4 cm³/mol. The van der Waals surface area contributed by atoms with Crippen molar-refractivity contribution >= 4 is 21.8 Å². The number of benzene rings is 2. The predicted octanol–water partition coefficient (Wildman–Crippen LogP) is 4.36. The molecule has 2 N–H and O–H groups in total. The fourth-order valence-corrected chi connectivity index (χ4v) is 3.32. The number of aryl methyl sites for hydroxylation is 1. The van der Waals surface area contributed by atoms with E-state index in [1.54, 1.807) is 0 Å². The summed E-state index contributed by atoms with van der Waals surface area (Å²) in [7, 11) is 0. The quantitative estimate of drug-likeness (QED) is 0.637. The first-order valence-corrected chi connectivity index (χ1v) is 8.54. The second kappa shape index (κ2) is 7.16. The van der Waals surface area contributed by atoms with Gasteiger partial charge in [-0.15, -0.1) is 0 Å². The Kier molecular flexibility index (Phi) is 4.99. The van der Waals surface area contributed by atoms with Crippen molar-refractivity contribution in [3.63, 3.8) is 0 Å². The molecule has 1 aromatic heterocycles. The number of fused-ring (bicyclic) bond motifs is 3. The highest BCUT2D eigenvalue weighted by atomic mass is 16.3. The van der Waals surface area contributed by atoms with E-state index in [9.17, 15) is 10.2 Å². The molecule has 0 aliphatic heterocycles. The molecule has 0 saturated carbocycles. The van der Waals surface area contributed by atoms with Gasteiger partial charge in [0.1, 0.15) is 0 Å². The molecule has 2 aromatic carbocycles. The number of nitrogens with zero attached hydrogens (tertiary/aromatic N) is 1. The minimum atomic E-state index is 0.0647. The van der Waals surface area contributed by atoms with Gasteiger partial charge in [0.25, 0.3) is 0 Å². The van der Waals surface area contributed by atoms with Crippen LogP contribution in [0.5, 0.6) is 0 Å². The summed E-state index contributed by atoms with van der Waals surface area (Å²) >= 11 is 0. The smallest absolute Gasteiger partial charge is 0.0682 e. The molecule has 3 nitrogen and oxygen atoms in total. The highest BCUT2D eigenvalue weighted by Gasteiger charge is 2.11. The third-order valence-corrected chi connectivity index (χ3v) is 4.60. The average Bonchev–Trinajstić information content (AvgIpc) is 2.90. The minimum Gasteiger partial charge on any atom is -0.392 e. The van der Waals surface area contributed by atoms with Crippen molar-refractivity contribution in [2.45, 2.75) is 52.4 Å². The first-order valence-electron chi connectivity index (χ1n) is 8.54. The van der Waals surface area contributed by atoms with Gasteiger partial charge in [-0.05, 0) is 29.7 Å². The van der Waals surface area contributed by atoms with E-state index in [2.05, 4.69) is 35.8 Å². The molecule has 0 radical (unpaired) electrons. The van der Waals surface area contributed by atoms with Crippen LogP contribution in [0, 0.1) is 0 Å². The fraction of sp³-hybridized carbons (Fsp3) is 0.400. The van der Waals surface area contributed by atoms with Gasteiger partial charge in [0.15, 0.2) is 0 Å². The molecular weight excluding hydrogens is 286 g/mol. The van der Waals surface area contributed by atoms with Crippen LogP contribution in [0.4, 0.5) is 0 Å². The Morgan fingerprint density at radius 1 is 0.783 bits per heavy atom. The second-order valence-electron chi connectivity index (χ2n) is 6.23. The lowest BCUT2D eigenvalue weighted by Gasteiger charge is -2.08. The van der Waals surface area contributed by atoms with Crippen molar-refractivity contribution in [3.05, 3.63) is 47.5 Å². The van der Waals surface area contributed by atoms with Crippen molar-refractivity contribution in [1.82, 2.24) is 4.57 Å². The third kappa shape index (κ3) is 3.12. The standard InChI is InChI=1S/C20H25NO2/c1-2-3-4-5-10-21-19-11-15(13-22)6-8-17(19)18-9-7-16(14-23)12-20(18)21/h6-9,11-12,22-23H,2-5,10,13-14H2,1H3. The molecule has 0 amide bonds. The van der Waals surface area contributed by atoms with Crippen LogP contribution < -0.4 is 0 Å². The van der Waals surface area contributed by atoms with E-state index in [0.717, 1.165) is 24.1 Å². The van der Waals surface area contributed by atoms with Gasteiger partial charge in [0.05, 0.1) is 13.2 Å². The third-order valence-electron chi connectivity index (χ3n) is 4.60. The number of hydrogen-bond donors (Lipinski definition) is 2. The summed E-state index contributed by atoms with van der Waals surface area (Å²) in [5.74, 6) is 0. The lowest BCUT2D eigenvalue weighted by atomic mass is 10.1. The summed E-state index contributed by atoms with van der Waals surface area (Å²) < 4.78 is 2.35. The highest BCUT2D eigenvalue weighted by Crippen LogP contribution is 2.31. The monoisotopic (exact) mass is 311 g/mol. The van der Waals surface area contributed by atoms with Crippen LogP contribution in [0.3, 0.4) is 0 Å². The van der Waals surface area contributed by atoms with Crippen LogP contribution in [-0.4, -0.2) is 14.8 Å². The Bertz CT molecular complexity index is 743. The zero-order valence-electron chi connectivity index (χ0n) is 13.8. The van der Waals surface area contributed by atoms with Gasteiger partial charge >= 0.3 is 0 Å². The Morgan fingerprint density at radius 3 is 1.83 bits per heavy atom. The van der Waals surface area contributed by atoms with Crippen LogP contribution in [-0.2, 0) is 19.8 Å².